The van der Waals surface area contributed by atoms with Crippen LogP contribution in [0, 0.1) is 0 Å². The van der Waals surface area contributed by atoms with Gasteiger partial charge < -0.3 is 9.84 Å². The standard InChI is InChI=1S/C20H33N5O2/c1-3-16(2)11-22-4-5-25-18(13-22)10-17(21-25)12-23-14-19(20(26)15-23)24-6-8-27-9-7-24/h3,10,19-20,26H,4-9,11-15H2,1-2H3/t19-,20-/m0/s1. The average molecular weight is 376 g/mol. The van der Waals surface area contributed by atoms with Gasteiger partial charge in [-0.1, -0.05) is 11.6 Å². The topological polar surface area (TPSA) is 57.0 Å². The third-order valence-electron chi connectivity index (χ3n) is 6.13. The molecule has 3 aliphatic heterocycles. The number of aliphatic hydroxyl groups excluding tert-OH is 1. The summed E-state index contributed by atoms with van der Waals surface area (Å²) in [5, 5.41) is 15.4. The summed E-state index contributed by atoms with van der Waals surface area (Å²) in [7, 11) is 0. The normalized spacial score (nSPS) is 28.6. The maximum Gasteiger partial charge on any atom is 0.0834 e. The quantitative estimate of drug-likeness (QED) is 0.759. The van der Waals surface area contributed by atoms with Crippen molar-refractivity contribution in [3.05, 3.63) is 29.1 Å². The molecule has 4 heterocycles. The molecule has 0 saturated carbocycles. The number of morpholine rings is 1. The smallest absolute Gasteiger partial charge is 0.0834 e. The second-order valence-electron chi connectivity index (χ2n) is 8.17. The van der Waals surface area contributed by atoms with Crippen molar-refractivity contribution in [1.29, 1.82) is 0 Å². The molecule has 27 heavy (non-hydrogen) atoms. The van der Waals surface area contributed by atoms with Crippen LogP contribution in [0.25, 0.3) is 0 Å². The number of aliphatic hydroxyl groups is 1. The lowest BCUT2D eigenvalue weighted by atomic mass is 10.1. The molecule has 1 N–H and O–H groups in total. The van der Waals surface area contributed by atoms with Gasteiger partial charge >= 0.3 is 0 Å². The molecule has 0 unspecified atom stereocenters. The van der Waals surface area contributed by atoms with Crippen LogP contribution < -0.4 is 0 Å². The minimum absolute atomic E-state index is 0.227. The highest BCUT2D eigenvalue weighted by atomic mass is 16.5. The SMILES string of the molecule is CC=C(C)CN1CCn2nc(CN3C[C@H](O)[C@@H](N4CCOCC4)C3)cc2C1. The summed E-state index contributed by atoms with van der Waals surface area (Å²) >= 11 is 0. The molecule has 0 spiro atoms. The zero-order valence-corrected chi connectivity index (χ0v) is 16.7. The molecule has 1 aromatic heterocycles. The van der Waals surface area contributed by atoms with Crippen LogP contribution in [0.5, 0.6) is 0 Å². The van der Waals surface area contributed by atoms with Gasteiger partial charge in [-0.05, 0) is 19.9 Å². The molecule has 0 bridgehead atoms. The summed E-state index contributed by atoms with van der Waals surface area (Å²) in [4.78, 5) is 7.22. The number of aromatic nitrogens is 2. The van der Waals surface area contributed by atoms with E-state index in [-0.39, 0.29) is 12.1 Å². The molecule has 4 rings (SSSR count). The van der Waals surface area contributed by atoms with Crippen LogP contribution in [-0.4, -0.2) is 94.2 Å². The van der Waals surface area contributed by atoms with Gasteiger partial charge in [0.1, 0.15) is 0 Å². The zero-order valence-electron chi connectivity index (χ0n) is 16.7. The first kappa shape index (κ1) is 19.1. The van der Waals surface area contributed by atoms with Crippen LogP contribution in [0.1, 0.15) is 25.2 Å². The summed E-state index contributed by atoms with van der Waals surface area (Å²) in [5.41, 5.74) is 3.86. The predicted octanol–water partition coefficient (Wildman–Crippen LogP) is 0.542. The Morgan fingerprint density at radius 1 is 1.22 bits per heavy atom. The lowest BCUT2D eigenvalue weighted by Crippen LogP contribution is -2.48. The van der Waals surface area contributed by atoms with Gasteiger partial charge in [0.05, 0.1) is 37.3 Å². The molecule has 0 aliphatic carbocycles. The molecule has 0 amide bonds. The largest absolute Gasteiger partial charge is 0.390 e. The van der Waals surface area contributed by atoms with E-state index in [0.717, 1.165) is 77.8 Å². The van der Waals surface area contributed by atoms with Crippen LogP contribution in [0.2, 0.25) is 0 Å². The maximum atomic E-state index is 10.5. The highest BCUT2D eigenvalue weighted by Crippen LogP contribution is 2.21. The van der Waals surface area contributed by atoms with E-state index in [1.165, 1.54) is 11.3 Å². The zero-order chi connectivity index (χ0) is 18.8. The summed E-state index contributed by atoms with van der Waals surface area (Å²) in [5.74, 6) is 0. The Kier molecular flexibility index (Phi) is 5.94. The molecular weight excluding hydrogens is 342 g/mol. The van der Waals surface area contributed by atoms with Crippen LogP contribution in [0.15, 0.2) is 17.7 Å². The van der Waals surface area contributed by atoms with Crippen LogP contribution in [0.4, 0.5) is 0 Å². The number of rotatable bonds is 5. The van der Waals surface area contributed by atoms with E-state index >= 15 is 0 Å². The molecule has 7 nitrogen and oxygen atoms in total. The predicted molar refractivity (Wildman–Crippen MR) is 104 cm³/mol. The number of fused-ring (bicyclic) bond motifs is 1. The molecule has 7 heteroatoms. The fourth-order valence-electron chi connectivity index (χ4n) is 4.51. The lowest BCUT2D eigenvalue weighted by molar-refractivity contribution is -0.00618. The van der Waals surface area contributed by atoms with E-state index in [1.54, 1.807) is 0 Å². The highest BCUT2D eigenvalue weighted by molar-refractivity contribution is 5.13. The van der Waals surface area contributed by atoms with Gasteiger partial charge in [-0.15, -0.1) is 0 Å². The number of nitrogens with zero attached hydrogens (tertiary/aromatic N) is 5. The number of allylic oxidation sites excluding steroid dienone is 1. The first-order valence-electron chi connectivity index (χ1n) is 10.2. The minimum atomic E-state index is -0.278. The van der Waals surface area contributed by atoms with Crippen molar-refractivity contribution in [2.75, 3.05) is 52.5 Å². The van der Waals surface area contributed by atoms with Gasteiger partial charge in [0.25, 0.3) is 0 Å². The second-order valence-corrected chi connectivity index (χ2v) is 8.17. The molecule has 2 fully saturated rings. The number of ether oxygens (including phenoxy) is 1. The minimum Gasteiger partial charge on any atom is -0.390 e. The Hall–Kier alpha value is -1.25. The Bertz CT molecular complexity index is 667. The van der Waals surface area contributed by atoms with Crippen molar-refractivity contribution in [2.45, 2.75) is 45.6 Å². The van der Waals surface area contributed by atoms with Gasteiger partial charge in [0.15, 0.2) is 0 Å². The van der Waals surface area contributed by atoms with Gasteiger partial charge in [-0.3, -0.25) is 19.4 Å². The van der Waals surface area contributed by atoms with E-state index in [1.807, 2.05) is 0 Å². The summed E-state index contributed by atoms with van der Waals surface area (Å²) in [6.07, 6.45) is 1.92. The summed E-state index contributed by atoms with van der Waals surface area (Å²) in [6.45, 7) is 14.2. The molecule has 2 saturated heterocycles. The number of likely N-dealkylation sites (tertiary alicyclic amines) is 1. The van der Waals surface area contributed by atoms with Gasteiger partial charge in [0.2, 0.25) is 0 Å². The Labute approximate surface area is 162 Å². The second kappa shape index (κ2) is 8.41. The fraction of sp³-hybridized carbons (Fsp3) is 0.750. The fourth-order valence-corrected chi connectivity index (χ4v) is 4.51. The van der Waals surface area contributed by atoms with E-state index in [0.29, 0.717) is 0 Å². The number of hydrogen-bond acceptors (Lipinski definition) is 6. The Balaban J connectivity index is 1.34. The van der Waals surface area contributed by atoms with Crippen molar-refractivity contribution in [3.63, 3.8) is 0 Å². The maximum absolute atomic E-state index is 10.5. The highest BCUT2D eigenvalue weighted by Gasteiger charge is 2.36. The Morgan fingerprint density at radius 2 is 2.04 bits per heavy atom. The third-order valence-corrected chi connectivity index (χ3v) is 6.13. The molecular formula is C20H33N5O2. The van der Waals surface area contributed by atoms with Crippen molar-refractivity contribution < 1.29 is 9.84 Å². The van der Waals surface area contributed by atoms with E-state index < -0.39 is 0 Å². The van der Waals surface area contributed by atoms with E-state index in [4.69, 9.17) is 9.84 Å². The van der Waals surface area contributed by atoms with Crippen LogP contribution >= 0.6 is 0 Å². The van der Waals surface area contributed by atoms with Gasteiger partial charge in [0, 0.05) is 58.4 Å². The Morgan fingerprint density at radius 3 is 2.81 bits per heavy atom. The lowest BCUT2D eigenvalue weighted by Gasteiger charge is -2.33. The molecule has 1 aromatic rings. The molecule has 0 aromatic carbocycles. The monoisotopic (exact) mass is 375 g/mol. The summed E-state index contributed by atoms with van der Waals surface area (Å²) in [6, 6.07) is 2.48. The van der Waals surface area contributed by atoms with Crippen LogP contribution in [-0.2, 0) is 24.4 Å². The van der Waals surface area contributed by atoms with Crippen molar-refractivity contribution in [3.8, 4) is 0 Å². The van der Waals surface area contributed by atoms with Crippen molar-refractivity contribution in [1.82, 2.24) is 24.5 Å². The van der Waals surface area contributed by atoms with E-state index in [9.17, 15) is 5.11 Å². The number of hydrogen-bond donors (Lipinski definition) is 1. The molecule has 0 radical (unpaired) electrons. The molecule has 2 atom stereocenters. The van der Waals surface area contributed by atoms with Crippen LogP contribution in [0.3, 0.4) is 0 Å². The summed E-state index contributed by atoms with van der Waals surface area (Å²) < 4.78 is 7.62. The first-order valence-corrected chi connectivity index (χ1v) is 10.2. The van der Waals surface area contributed by atoms with Gasteiger partial charge in [-0.2, -0.15) is 5.10 Å². The third kappa shape index (κ3) is 4.43. The van der Waals surface area contributed by atoms with E-state index in [2.05, 4.69) is 45.4 Å². The average Bonchev–Trinajstić information content (AvgIpc) is 3.24. The molecule has 3 aliphatic rings. The number of β-amino-alcohol motifs (C(OH)–C–C–N with tert-alkyl or cyclic N) is 1. The molecule has 150 valence electrons. The van der Waals surface area contributed by atoms with Crippen molar-refractivity contribution >= 4 is 0 Å². The first-order chi connectivity index (χ1) is 13.1. The van der Waals surface area contributed by atoms with Crippen molar-refractivity contribution in [2.24, 2.45) is 0 Å². The van der Waals surface area contributed by atoms with Gasteiger partial charge in [-0.25, -0.2) is 0 Å².